The lowest BCUT2D eigenvalue weighted by atomic mass is 9.92. The van der Waals surface area contributed by atoms with Crippen molar-refractivity contribution in [3.8, 4) is 0 Å². The van der Waals surface area contributed by atoms with E-state index < -0.39 is 8.80 Å². The molecule has 32 heavy (non-hydrogen) atoms. The van der Waals surface area contributed by atoms with Gasteiger partial charge >= 0.3 is 8.80 Å². The van der Waals surface area contributed by atoms with Crippen molar-refractivity contribution < 1.29 is 18.0 Å². The molecule has 0 radical (unpaired) electrons. The van der Waals surface area contributed by atoms with Crippen molar-refractivity contribution >= 4 is 41.1 Å². The van der Waals surface area contributed by atoms with Gasteiger partial charge in [-0.1, -0.05) is 61.5 Å². The molecule has 170 valence electrons. The van der Waals surface area contributed by atoms with Crippen LogP contribution in [-0.4, -0.2) is 35.2 Å². The molecule has 0 spiro atoms. The van der Waals surface area contributed by atoms with E-state index in [1.807, 2.05) is 13.8 Å². The predicted molar refractivity (Wildman–Crippen MR) is 134 cm³/mol. The largest absolute Gasteiger partial charge is 0.501 e. The molecule has 0 saturated heterocycles. The number of benzene rings is 4. The van der Waals surface area contributed by atoms with Crippen molar-refractivity contribution in [2.24, 2.45) is 0 Å². The number of hydrogen-bond acceptors (Lipinski definition) is 4. The van der Waals surface area contributed by atoms with Gasteiger partial charge in [-0.15, -0.1) is 0 Å². The zero-order chi connectivity index (χ0) is 22.4. The van der Waals surface area contributed by atoms with Gasteiger partial charge in [0, 0.05) is 32.5 Å². The van der Waals surface area contributed by atoms with E-state index in [1.165, 1.54) is 37.9 Å². The summed E-state index contributed by atoms with van der Waals surface area (Å²) in [5.74, 6) is 0. The van der Waals surface area contributed by atoms with Crippen LogP contribution in [0.1, 0.15) is 39.2 Å². The predicted octanol–water partition coefficient (Wildman–Crippen LogP) is 6.93. The topological polar surface area (TPSA) is 36.9 Å². The van der Waals surface area contributed by atoms with E-state index in [0.717, 1.165) is 18.9 Å². The number of hydrogen-bond donors (Lipinski definition) is 0. The lowest BCUT2D eigenvalue weighted by Gasteiger charge is -2.28. The van der Waals surface area contributed by atoms with E-state index in [0.29, 0.717) is 33.0 Å². The summed E-state index contributed by atoms with van der Waals surface area (Å²) in [6.45, 7) is 9.26. The first-order chi connectivity index (χ1) is 15.7. The Bertz CT molecular complexity index is 1120. The average Bonchev–Trinajstić information content (AvgIpc) is 2.82. The fourth-order valence-electron chi connectivity index (χ4n) is 4.53. The molecule has 0 saturated carbocycles. The van der Waals surface area contributed by atoms with Crippen LogP contribution in [0.2, 0.25) is 6.04 Å². The molecule has 4 rings (SSSR count). The van der Waals surface area contributed by atoms with Crippen LogP contribution in [0.3, 0.4) is 0 Å². The molecule has 0 fully saturated rings. The van der Waals surface area contributed by atoms with Crippen molar-refractivity contribution in [2.75, 3.05) is 26.4 Å². The summed E-state index contributed by atoms with van der Waals surface area (Å²) in [7, 11) is -2.61. The molecule has 0 amide bonds. The Morgan fingerprint density at radius 1 is 0.688 bits per heavy atom. The minimum absolute atomic E-state index is 0.599. The standard InChI is InChI=1S/C27H34O4Si/c1-4-17-31-32(29-5-2,30-6-3)19-8-18-28-20-24-14-13-23-12-11-21-9-7-10-22-15-16-25(24)27(23)26(21)22/h7,9-16H,4-6,8,17-20H2,1-3H3. The van der Waals surface area contributed by atoms with Gasteiger partial charge in [0.15, 0.2) is 0 Å². The van der Waals surface area contributed by atoms with E-state index in [9.17, 15) is 0 Å². The Hall–Kier alpha value is -2.02. The van der Waals surface area contributed by atoms with Crippen LogP contribution < -0.4 is 0 Å². The van der Waals surface area contributed by atoms with Crippen molar-refractivity contribution in [2.45, 2.75) is 46.3 Å². The summed E-state index contributed by atoms with van der Waals surface area (Å²) in [4.78, 5) is 0. The van der Waals surface area contributed by atoms with Gasteiger partial charge < -0.3 is 18.0 Å². The molecule has 0 aromatic heterocycles. The van der Waals surface area contributed by atoms with Crippen LogP contribution >= 0.6 is 0 Å². The number of ether oxygens (including phenoxy) is 1. The molecule has 4 aromatic carbocycles. The number of rotatable bonds is 13. The molecule has 0 aliphatic heterocycles. The molecule has 4 aromatic rings. The highest BCUT2D eigenvalue weighted by Crippen LogP contribution is 2.36. The molecule has 0 aliphatic carbocycles. The van der Waals surface area contributed by atoms with Crippen molar-refractivity contribution in [3.63, 3.8) is 0 Å². The maximum atomic E-state index is 6.12. The highest BCUT2D eigenvalue weighted by Gasteiger charge is 2.39. The highest BCUT2D eigenvalue weighted by molar-refractivity contribution is 6.60. The summed E-state index contributed by atoms with van der Waals surface area (Å²) in [5.41, 5.74) is 1.23. The third kappa shape index (κ3) is 4.82. The maximum Gasteiger partial charge on any atom is 0.501 e. The van der Waals surface area contributed by atoms with E-state index in [4.69, 9.17) is 18.0 Å². The van der Waals surface area contributed by atoms with Crippen LogP contribution in [0.4, 0.5) is 0 Å². The molecule has 0 atom stereocenters. The van der Waals surface area contributed by atoms with Gasteiger partial charge in [0.05, 0.1) is 6.61 Å². The molecule has 5 heteroatoms. The van der Waals surface area contributed by atoms with Crippen LogP contribution in [0.25, 0.3) is 32.3 Å². The molecule has 0 heterocycles. The van der Waals surface area contributed by atoms with Gasteiger partial charge in [0.25, 0.3) is 0 Å². The molecule has 0 aliphatic rings. The highest BCUT2D eigenvalue weighted by atomic mass is 28.4. The Morgan fingerprint density at radius 3 is 2.03 bits per heavy atom. The van der Waals surface area contributed by atoms with Crippen LogP contribution in [0, 0.1) is 0 Å². The van der Waals surface area contributed by atoms with Crippen LogP contribution in [0.5, 0.6) is 0 Å². The quantitative estimate of drug-likeness (QED) is 0.126. The zero-order valence-electron chi connectivity index (χ0n) is 19.5. The van der Waals surface area contributed by atoms with E-state index in [-0.39, 0.29) is 0 Å². The van der Waals surface area contributed by atoms with Gasteiger partial charge in [-0.2, -0.15) is 0 Å². The summed E-state index contributed by atoms with van der Waals surface area (Å²) in [6.07, 6.45) is 1.82. The molecule has 0 bridgehead atoms. The Balaban J connectivity index is 1.44. The first-order valence-electron chi connectivity index (χ1n) is 11.9. The normalized spacial score (nSPS) is 12.5. The van der Waals surface area contributed by atoms with Crippen molar-refractivity contribution in [1.82, 2.24) is 0 Å². The van der Waals surface area contributed by atoms with Gasteiger partial charge in [-0.3, -0.25) is 0 Å². The third-order valence-corrected chi connectivity index (χ3v) is 8.97. The fourth-order valence-corrected chi connectivity index (χ4v) is 7.19. The fraction of sp³-hybridized carbons (Fsp3) is 0.407. The van der Waals surface area contributed by atoms with E-state index >= 15 is 0 Å². The van der Waals surface area contributed by atoms with Crippen LogP contribution in [0.15, 0.2) is 54.6 Å². The average molecular weight is 451 g/mol. The second kappa shape index (κ2) is 10.7. The van der Waals surface area contributed by atoms with Crippen LogP contribution in [-0.2, 0) is 24.6 Å². The lowest BCUT2D eigenvalue weighted by molar-refractivity contribution is 0.0611. The summed E-state index contributed by atoms with van der Waals surface area (Å²) >= 11 is 0. The van der Waals surface area contributed by atoms with E-state index in [1.54, 1.807) is 0 Å². The first kappa shape index (κ1) is 23.1. The third-order valence-electron chi connectivity index (χ3n) is 5.90. The van der Waals surface area contributed by atoms with Gasteiger partial charge in [-0.25, -0.2) is 0 Å². The minimum atomic E-state index is -2.61. The molecule has 0 unspecified atom stereocenters. The van der Waals surface area contributed by atoms with Crippen molar-refractivity contribution in [1.29, 1.82) is 0 Å². The van der Waals surface area contributed by atoms with Gasteiger partial charge in [0.1, 0.15) is 0 Å². The Kier molecular flexibility index (Phi) is 7.76. The monoisotopic (exact) mass is 450 g/mol. The summed E-state index contributed by atoms with van der Waals surface area (Å²) in [5, 5.41) is 7.84. The second-order valence-corrected chi connectivity index (χ2v) is 10.9. The smallest absolute Gasteiger partial charge is 0.377 e. The van der Waals surface area contributed by atoms with Gasteiger partial charge in [0.2, 0.25) is 0 Å². The minimum Gasteiger partial charge on any atom is -0.377 e. The van der Waals surface area contributed by atoms with E-state index in [2.05, 4.69) is 61.5 Å². The van der Waals surface area contributed by atoms with Crippen molar-refractivity contribution in [3.05, 3.63) is 60.2 Å². The Labute approximate surface area is 192 Å². The lowest BCUT2D eigenvalue weighted by Crippen LogP contribution is -2.46. The second-order valence-electron chi connectivity index (χ2n) is 8.13. The SMILES string of the molecule is CCCO[Si](CCCOCc1ccc2ccc3cccc4ccc1c2c34)(OCC)OCC. The summed E-state index contributed by atoms with van der Waals surface area (Å²) in [6, 6.07) is 20.6. The molecule has 4 nitrogen and oxygen atoms in total. The molecule has 0 N–H and O–H groups in total. The maximum absolute atomic E-state index is 6.12. The molecular formula is C27H34O4Si. The Morgan fingerprint density at radius 2 is 1.34 bits per heavy atom. The first-order valence-corrected chi connectivity index (χ1v) is 13.8. The zero-order valence-corrected chi connectivity index (χ0v) is 20.5. The molecular weight excluding hydrogens is 416 g/mol. The van der Waals surface area contributed by atoms with Gasteiger partial charge in [-0.05, 0) is 64.6 Å². The summed E-state index contributed by atoms with van der Waals surface area (Å²) < 4.78 is 24.2.